The van der Waals surface area contributed by atoms with Gasteiger partial charge in [-0.3, -0.25) is 4.68 Å². The molecule has 0 saturated carbocycles. The Kier molecular flexibility index (Phi) is 2.85. The van der Waals surface area contributed by atoms with Gasteiger partial charge in [0.2, 0.25) is 0 Å². The van der Waals surface area contributed by atoms with Gasteiger partial charge in [-0.25, -0.2) is 0 Å². The van der Waals surface area contributed by atoms with Crippen molar-refractivity contribution in [3.05, 3.63) is 10.3 Å². The van der Waals surface area contributed by atoms with Crippen LogP contribution in [0.25, 0.3) is 0 Å². The molecule has 0 fully saturated rings. The Morgan fingerprint density at radius 2 is 2.08 bits per heavy atom. The summed E-state index contributed by atoms with van der Waals surface area (Å²) < 4.78 is 2.53. The maximum Gasteiger partial charge on any atom is 0.151 e. The monoisotopic (exact) mass is 232 g/mol. The molecule has 2 atom stereocenters. The molecule has 4 nitrogen and oxygen atoms in total. The van der Waals surface area contributed by atoms with Crippen molar-refractivity contribution in [1.29, 1.82) is 0 Å². The Morgan fingerprint density at radius 1 is 1.50 bits per heavy atom. The van der Waals surface area contributed by atoms with E-state index < -0.39 is 0 Å². The third kappa shape index (κ3) is 1.67. The van der Waals surface area contributed by atoms with Crippen LogP contribution in [-0.2, 0) is 7.05 Å². The minimum absolute atomic E-state index is 0.110. The predicted molar refractivity (Wildman–Crippen MR) is 50.8 cm³/mol. The molecular formula is C7H13BrN4. The van der Waals surface area contributed by atoms with Crippen LogP contribution >= 0.6 is 15.9 Å². The molecule has 2 N–H and O–H groups in total. The van der Waals surface area contributed by atoms with Crippen molar-refractivity contribution in [2.45, 2.75) is 25.8 Å². The Balaban J connectivity index is 3.00. The Hall–Kier alpha value is -0.420. The standard InChI is InChI=1S/C7H13BrN4/c1-4(5(2)9)6-7(8)10-11-12(6)3/h4-5H,9H2,1-3H3. The second-order valence-electron chi connectivity index (χ2n) is 3.04. The largest absolute Gasteiger partial charge is 0.327 e. The predicted octanol–water partition coefficient (Wildman–Crippen LogP) is 1.03. The molecule has 0 spiro atoms. The number of nitrogens with two attached hydrogens (primary N) is 1. The number of halogens is 1. The molecule has 1 aromatic heterocycles. The Bertz CT molecular complexity index is 249. The van der Waals surface area contributed by atoms with Gasteiger partial charge in [-0.1, -0.05) is 12.1 Å². The summed E-state index contributed by atoms with van der Waals surface area (Å²) >= 11 is 3.34. The highest BCUT2D eigenvalue weighted by Gasteiger charge is 2.18. The smallest absolute Gasteiger partial charge is 0.151 e. The van der Waals surface area contributed by atoms with Crippen LogP contribution in [-0.4, -0.2) is 21.0 Å². The van der Waals surface area contributed by atoms with Crippen LogP contribution in [0.4, 0.5) is 0 Å². The second kappa shape index (κ2) is 3.53. The van der Waals surface area contributed by atoms with Crippen molar-refractivity contribution in [3.63, 3.8) is 0 Å². The zero-order valence-corrected chi connectivity index (χ0v) is 9.04. The van der Waals surface area contributed by atoms with Gasteiger partial charge in [-0.05, 0) is 22.9 Å². The molecule has 0 aromatic carbocycles. The highest BCUT2D eigenvalue weighted by atomic mass is 79.9. The van der Waals surface area contributed by atoms with Crippen molar-refractivity contribution >= 4 is 15.9 Å². The summed E-state index contributed by atoms with van der Waals surface area (Å²) in [6.45, 7) is 4.04. The number of nitrogens with zero attached hydrogens (tertiary/aromatic N) is 3. The first kappa shape index (κ1) is 9.67. The molecular weight excluding hydrogens is 220 g/mol. The van der Waals surface area contributed by atoms with Gasteiger partial charge in [0.25, 0.3) is 0 Å². The van der Waals surface area contributed by atoms with Crippen molar-refractivity contribution in [3.8, 4) is 0 Å². The Labute approximate surface area is 80.3 Å². The summed E-state index contributed by atoms with van der Waals surface area (Å²) in [7, 11) is 1.87. The SMILES string of the molecule is CC(N)C(C)c1c(Br)nnn1C. The number of rotatable bonds is 2. The van der Waals surface area contributed by atoms with Crippen LogP contribution in [0.5, 0.6) is 0 Å². The van der Waals surface area contributed by atoms with Crippen LogP contribution in [0, 0.1) is 0 Å². The molecule has 0 aliphatic rings. The van der Waals surface area contributed by atoms with Gasteiger partial charge in [0.1, 0.15) is 0 Å². The number of hydrogen-bond donors (Lipinski definition) is 1. The molecule has 0 saturated heterocycles. The molecule has 0 aliphatic heterocycles. The van der Waals surface area contributed by atoms with Gasteiger partial charge in [-0.15, -0.1) is 5.10 Å². The summed E-state index contributed by atoms with van der Waals surface area (Å²) in [4.78, 5) is 0. The molecule has 2 unspecified atom stereocenters. The fraction of sp³-hybridized carbons (Fsp3) is 0.714. The molecule has 0 aliphatic carbocycles. The fourth-order valence-electron chi connectivity index (χ4n) is 1.07. The van der Waals surface area contributed by atoms with E-state index in [4.69, 9.17) is 5.73 Å². The minimum atomic E-state index is 0.110. The molecule has 1 heterocycles. The summed E-state index contributed by atoms with van der Waals surface area (Å²) in [5.41, 5.74) is 6.82. The lowest BCUT2D eigenvalue weighted by Gasteiger charge is -2.15. The van der Waals surface area contributed by atoms with E-state index >= 15 is 0 Å². The van der Waals surface area contributed by atoms with Crippen molar-refractivity contribution < 1.29 is 0 Å². The van der Waals surface area contributed by atoms with Crippen molar-refractivity contribution in [1.82, 2.24) is 15.0 Å². The lowest BCUT2D eigenvalue weighted by atomic mass is 10.0. The number of aromatic nitrogens is 3. The topological polar surface area (TPSA) is 56.7 Å². The van der Waals surface area contributed by atoms with Crippen LogP contribution in [0.1, 0.15) is 25.5 Å². The van der Waals surface area contributed by atoms with Crippen LogP contribution in [0.15, 0.2) is 4.60 Å². The van der Waals surface area contributed by atoms with Gasteiger partial charge < -0.3 is 5.73 Å². The van der Waals surface area contributed by atoms with Gasteiger partial charge in [0.15, 0.2) is 4.60 Å². The van der Waals surface area contributed by atoms with E-state index in [1.807, 2.05) is 14.0 Å². The zero-order chi connectivity index (χ0) is 9.30. The van der Waals surface area contributed by atoms with E-state index in [1.165, 1.54) is 0 Å². The fourth-order valence-corrected chi connectivity index (χ4v) is 1.76. The average molecular weight is 233 g/mol. The molecule has 0 bridgehead atoms. The summed E-state index contributed by atoms with van der Waals surface area (Å²) in [6.07, 6.45) is 0. The quantitative estimate of drug-likeness (QED) is 0.829. The average Bonchev–Trinajstić information content (AvgIpc) is 2.30. The Morgan fingerprint density at radius 3 is 2.42 bits per heavy atom. The molecule has 0 radical (unpaired) electrons. The van der Waals surface area contributed by atoms with Gasteiger partial charge >= 0.3 is 0 Å². The highest BCUT2D eigenvalue weighted by Crippen LogP contribution is 2.23. The second-order valence-corrected chi connectivity index (χ2v) is 3.79. The van der Waals surface area contributed by atoms with Crippen LogP contribution in [0.2, 0.25) is 0 Å². The highest BCUT2D eigenvalue weighted by molar-refractivity contribution is 9.10. The normalized spacial score (nSPS) is 16.1. The van der Waals surface area contributed by atoms with Crippen LogP contribution < -0.4 is 5.73 Å². The molecule has 0 amide bonds. The third-order valence-electron chi connectivity index (χ3n) is 2.05. The summed E-state index contributed by atoms with van der Waals surface area (Å²) in [5.74, 6) is 0.263. The third-order valence-corrected chi connectivity index (χ3v) is 2.61. The summed E-state index contributed by atoms with van der Waals surface area (Å²) in [6, 6.07) is 0.110. The minimum Gasteiger partial charge on any atom is -0.327 e. The van der Waals surface area contributed by atoms with Gasteiger partial charge in [-0.2, -0.15) is 0 Å². The van der Waals surface area contributed by atoms with E-state index in [2.05, 4.69) is 33.2 Å². The van der Waals surface area contributed by atoms with E-state index in [-0.39, 0.29) is 12.0 Å². The van der Waals surface area contributed by atoms with Gasteiger partial charge in [0, 0.05) is 19.0 Å². The molecule has 5 heteroatoms. The first-order valence-electron chi connectivity index (χ1n) is 3.84. The molecule has 68 valence electrons. The lowest BCUT2D eigenvalue weighted by molar-refractivity contribution is 0.554. The van der Waals surface area contributed by atoms with Crippen molar-refractivity contribution in [2.75, 3.05) is 0 Å². The van der Waals surface area contributed by atoms with E-state index in [0.717, 1.165) is 10.3 Å². The summed E-state index contributed by atoms with van der Waals surface area (Å²) in [5, 5.41) is 7.78. The zero-order valence-electron chi connectivity index (χ0n) is 7.45. The maximum absolute atomic E-state index is 5.78. The first-order chi connectivity index (χ1) is 5.54. The lowest BCUT2D eigenvalue weighted by Crippen LogP contribution is -2.24. The maximum atomic E-state index is 5.78. The van der Waals surface area contributed by atoms with E-state index in [9.17, 15) is 0 Å². The number of aryl methyl sites for hydroxylation is 1. The van der Waals surface area contributed by atoms with E-state index in [0.29, 0.717) is 0 Å². The molecule has 1 aromatic rings. The van der Waals surface area contributed by atoms with Crippen molar-refractivity contribution in [2.24, 2.45) is 12.8 Å². The molecule has 1 rings (SSSR count). The molecule has 12 heavy (non-hydrogen) atoms. The first-order valence-corrected chi connectivity index (χ1v) is 4.64. The number of hydrogen-bond acceptors (Lipinski definition) is 3. The van der Waals surface area contributed by atoms with Gasteiger partial charge in [0.05, 0.1) is 5.69 Å². The van der Waals surface area contributed by atoms with E-state index in [1.54, 1.807) is 4.68 Å². The van der Waals surface area contributed by atoms with Crippen LogP contribution in [0.3, 0.4) is 0 Å².